The zero-order valence-corrected chi connectivity index (χ0v) is 13.8. The van der Waals surface area contributed by atoms with Gasteiger partial charge < -0.3 is 14.5 Å². The number of hydrogen-bond acceptors (Lipinski definition) is 3. The Labute approximate surface area is 129 Å². The van der Waals surface area contributed by atoms with Crippen LogP contribution < -0.4 is 4.74 Å². The van der Waals surface area contributed by atoms with Gasteiger partial charge in [-0.25, -0.2) is 0 Å². The molecule has 21 heavy (non-hydrogen) atoms. The van der Waals surface area contributed by atoms with Gasteiger partial charge in [-0.2, -0.15) is 0 Å². The van der Waals surface area contributed by atoms with E-state index in [9.17, 15) is 0 Å². The van der Waals surface area contributed by atoms with Gasteiger partial charge in [-0.3, -0.25) is 0 Å². The van der Waals surface area contributed by atoms with Crippen molar-refractivity contribution in [2.24, 2.45) is 0 Å². The fraction of sp³-hybridized carbons (Fsp3) is 0.667. The number of ether oxygens (including phenoxy) is 1. The Kier molecular flexibility index (Phi) is 6.52. The van der Waals surface area contributed by atoms with Crippen LogP contribution in [0.15, 0.2) is 24.3 Å². The second kappa shape index (κ2) is 8.40. The van der Waals surface area contributed by atoms with Gasteiger partial charge in [0.15, 0.2) is 0 Å². The van der Waals surface area contributed by atoms with E-state index in [1.54, 1.807) is 0 Å². The number of piperazine rings is 1. The van der Waals surface area contributed by atoms with Crippen molar-refractivity contribution >= 4 is 0 Å². The Morgan fingerprint density at radius 3 is 2.38 bits per heavy atom. The van der Waals surface area contributed by atoms with E-state index in [4.69, 9.17) is 4.74 Å². The third kappa shape index (κ3) is 5.33. The molecule has 0 spiro atoms. The van der Waals surface area contributed by atoms with Crippen molar-refractivity contribution in [3.05, 3.63) is 29.8 Å². The van der Waals surface area contributed by atoms with E-state index in [1.165, 1.54) is 38.2 Å². The molecule has 3 nitrogen and oxygen atoms in total. The summed E-state index contributed by atoms with van der Waals surface area (Å²) in [6, 6.07) is 8.61. The Hall–Kier alpha value is -1.06. The first-order valence-corrected chi connectivity index (χ1v) is 8.32. The molecule has 0 N–H and O–H groups in total. The minimum Gasteiger partial charge on any atom is -0.494 e. The van der Waals surface area contributed by atoms with E-state index in [2.05, 4.69) is 55.0 Å². The van der Waals surface area contributed by atoms with Crippen LogP contribution in [0.2, 0.25) is 0 Å². The number of rotatable bonds is 7. The molecule has 0 bridgehead atoms. The molecule has 1 aromatic rings. The van der Waals surface area contributed by atoms with Crippen molar-refractivity contribution in [1.29, 1.82) is 0 Å². The maximum Gasteiger partial charge on any atom is 0.119 e. The van der Waals surface area contributed by atoms with Gasteiger partial charge in [-0.15, -0.1) is 0 Å². The molecule has 2 rings (SSSR count). The van der Waals surface area contributed by atoms with E-state index in [-0.39, 0.29) is 0 Å². The Bertz CT molecular complexity index is 396. The SMILES string of the molecule is CC[C@H](C)c1ccc(OCCCN2CCN(C)CC2)cc1. The number of likely N-dealkylation sites (N-methyl/N-ethyl adjacent to an activating group) is 1. The topological polar surface area (TPSA) is 15.7 Å². The Balaban J connectivity index is 1.64. The minimum atomic E-state index is 0.635. The van der Waals surface area contributed by atoms with Crippen molar-refractivity contribution in [1.82, 2.24) is 9.80 Å². The highest BCUT2D eigenvalue weighted by Crippen LogP contribution is 2.21. The molecule has 1 saturated heterocycles. The Morgan fingerprint density at radius 2 is 1.76 bits per heavy atom. The lowest BCUT2D eigenvalue weighted by atomic mass is 9.99. The minimum absolute atomic E-state index is 0.635. The quantitative estimate of drug-likeness (QED) is 0.717. The summed E-state index contributed by atoms with van der Waals surface area (Å²) in [7, 11) is 2.20. The summed E-state index contributed by atoms with van der Waals surface area (Å²) in [5, 5.41) is 0. The first-order chi connectivity index (χ1) is 10.2. The summed E-state index contributed by atoms with van der Waals surface area (Å²) < 4.78 is 5.85. The zero-order valence-electron chi connectivity index (χ0n) is 13.8. The van der Waals surface area contributed by atoms with Gasteiger partial charge in [0.05, 0.1) is 6.61 Å². The van der Waals surface area contributed by atoms with E-state index < -0.39 is 0 Å². The first-order valence-electron chi connectivity index (χ1n) is 8.32. The average molecular weight is 290 g/mol. The van der Waals surface area contributed by atoms with Crippen LogP contribution in [0.25, 0.3) is 0 Å². The lowest BCUT2D eigenvalue weighted by Gasteiger charge is -2.32. The molecule has 0 aromatic heterocycles. The van der Waals surface area contributed by atoms with Gasteiger partial charge in [0.1, 0.15) is 5.75 Å². The van der Waals surface area contributed by atoms with Gasteiger partial charge in [0.25, 0.3) is 0 Å². The van der Waals surface area contributed by atoms with Gasteiger partial charge in [0.2, 0.25) is 0 Å². The van der Waals surface area contributed by atoms with Crippen LogP contribution in [-0.4, -0.2) is 56.2 Å². The lowest BCUT2D eigenvalue weighted by Crippen LogP contribution is -2.44. The highest BCUT2D eigenvalue weighted by molar-refractivity contribution is 5.29. The number of nitrogens with zero attached hydrogens (tertiary/aromatic N) is 2. The lowest BCUT2D eigenvalue weighted by molar-refractivity contribution is 0.145. The van der Waals surface area contributed by atoms with Crippen LogP contribution in [0.3, 0.4) is 0 Å². The normalized spacial score (nSPS) is 18.6. The molecule has 1 aliphatic rings. The van der Waals surface area contributed by atoms with Crippen molar-refractivity contribution < 1.29 is 4.74 Å². The number of benzene rings is 1. The fourth-order valence-electron chi connectivity index (χ4n) is 2.68. The predicted molar refractivity (Wildman–Crippen MR) is 89.2 cm³/mol. The molecule has 0 aliphatic carbocycles. The maximum atomic E-state index is 5.85. The van der Waals surface area contributed by atoms with E-state index in [0.717, 1.165) is 25.3 Å². The van der Waals surface area contributed by atoms with Crippen LogP contribution >= 0.6 is 0 Å². The van der Waals surface area contributed by atoms with Gasteiger partial charge >= 0.3 is 0 Å². The molecule has 0 saturated carbocycles. The molecule has 1 atom stereocenters. The summed E-state index contributed by atoms with van der Waals surface area (Å²) in [6.07, 6.45) is 2.29. The van der Waals surface area contributed by atoms with E-state index >= 15 is 0 Å². The molecule has 1 aromatic carbocycles. The molecular formula is C18H30N2O. The highest BCUT2D eigenvalue weighted by atomic mass is 16.5. The second-order valence-electron chi connectivity index (χ2n) is 6.23. The van der Waals surface area contributed by atoms with Crippen LogP contribution in [0.5, 0.6) is 5.75 Å². The average Bonchev–Trinajstić information content (AvgIpc) is 2.53. The monoisotopic (exact) mass is 290 g/mol. The largest absolute Gasteiger partial charge is 0.494 e. The zero-order chi connectivity index (χ0) is 15.1. The molecule has 1 aliphatic heterocycles. The van der Waals surface area contributed by atoms with Crippen LogP contribution in [0, 0.1) is 0 Å². The van der Waals surface area contributed by atoms with E-state index in [0.29, 0.717) is 5.92 Å². The Morgan fingerprint density at radius 1 is 1.10 bits per heavy atom. The summed E-state index contributed by atoms with van der Waals surface area (Å²) in [5.41, 5.74) is 1.40. The van der Waals surface area contributed by atoms with Gasteiger partial charge in [-0.05, 0) is 43.5 Å². The molecule has 1 heterocycles. The molecule has 0 radical (unpaired) electrons. The van der Waals surface area contributed by atoms with Crippen molar-refractivity contribution in [3.8, 4) is 5.75 Å². The first kappa shape index (κ1) is 16.3. The summed E-state index contributed by atoms with van der Waals surface area (Å²) in [4.78, 5) is 4.93. The van der Waals surface area contributed by atoms with Gasteiger partial charge in [0, 0.05) is 32.7 Å². The molecular weight excluding hydrogens is 260 g/mol. The third-order valence-corrected chi connectivity index (χ3v) is 4.54. The standard InChI is InChI=1S/C18H30N2O/c1-4-16(2)17-6-8-18(9-7-17)21-15-5-10-20-13-11-19(3)12-14-20/h6-9,16H,4-5,10-15H2,1-3H3/t16-/m0/s1. The summed E-state index contributed by atoms with van der Waals surface area (Å²) in [6.45, 7) is 11.2. The molecule has 3 heteroatoms. The van der Waals surface area contributed by atoms with Crippen LogP contribution in [-0.2, 0) is 0 Å². The third-order valence-electron chi connectivity index (χ3n) is 4.54. The summed E-state index contributed by atoms with van der Waals surface area (Å²) >= 11 is 0. The molecule has 0 amide bonds. The molecule has 1 fully saturated rings. The second-order valence-corrected chi connectivity index (χ2v) is 6.23. The smallest absolute Gasteiger partial charge is 0.119 e. The predicted octanol–water partition coefficient (Wildman–Crippen LogP) is 3.22. The van der Waals surface area contributed by atoms with Crippen LogP contribution in [0.4, 0.5) is 0 Å². The maximum absolute atomic E-state index is 5.85. The molecule has 0 unspecified atom stereocenters. The number of hydrogen-bond donors (Lipinski definition) is 0. The van der Waals surface area contributed by atoms with Crippen molar-refractivity contribution in [3.63, 3.8) is 0 Å². The van der Waals surface area contributed by atoms with Crippen LogP contribution in [0.1, 0.15) is 38.2 Å². The van der Waals surface area contributed by atoms with Crippen molar-refractivity contribution in [2.45, 2.75) is 32.6 Å². The van der Waals surface area contributed by atoms with Crippen molar-refractivity contribution in [2.75, 3.05) is 46.4 Å². The molecule has 118 valence electrons. The highest BCUT2D eigenvalue weighted by Gasteiger charge is 2.12. The van der Waals surface area contributed by atoms with E-state index in [1.807, 2.05) is 0 Å². The fourth-order valence-corrected chi connectivity index (χ4v) is 2.68. The van der Waals surface area contributed by atoms with Gasteiger partial charge in [-0.1, -0.05) is 26.0 Å². The summed E-state index contributed by atoms with van der Waals surface area (Å²) in [5.74, 6) is 1.64.